The fourth-order valence-corrected chi connectivity index (χ4v) is 3.95. The first kappa shape index (κ1) is 13.4. The highest BCUT2D eigenvalue weighted by Crippen LogP contribution is 2.27. The molecule has 1 aliphatic rings. The lowest BCUT2D eigenvalue weighted by Crippen LogP contribution is -2.35. The number of nitrogens with two attached hydrogens (primary N) is 1. The first-order valence-corrected chi connectivity index (χ1v) is 7.58. The molecule has 1 aromatic rings. The fraction of sp³-hybridized carbons (Fsp3) is 0.333. The maximum atomic E-state index is 12.2. The molecular formula is C12H15ClN2O2S. The van der Waals surface area contributed by atoms with Crippen molar-refractivity contribution >= 4 is 27.3 Å². The molecule has 2 rings (SSSR count). The van der Waals surface area contributed by atoms with Crippen LogP contribution in [-0.4, -0.2) is 14.5 Å². The molecule has 18 heavy (non-hydrogen) atoms. The zero-order valence-corrected chi connectivity index (χ0v) is 11.3. The molecule has 0 aliphatic heterocycles. The predicted octanol–water partition coefficient (Wildman–Crippen LogP) is 2.31. The molecule has 0 spiro atoms. The van der Waals surface area contributed by atoms with Gasteiger partial charge in [-0.15, -0.1) is 0 Å². The molecule has 1 aromatic carbocycles. The lowest BCUT2D eigenvalue weighted by Gasteiger charge is -2.20. The number of hydrogen-bond acceptors (Lipinski definition) is 3. The molecule has 0 radical (unpaired) electrons. The van der Waals surface area contributed by atoms with Crippen LogP contribution in [0.15, 0.2) is 35.2 Å². The molecule has 6 heteroatoms. The van der Waals surface area contributed by atoms with Gasteiger partial charge in [0.15, 0.2) is 0 Å². The summed E-state index contributed by atoms with van der Waals surface area (Å²) in [5.41, 5.74) is 5.86. The van der Waals surface area contributed by atoms with E-state index in [0.29, 0.717) is 6.42 Å². The maximum absolute atomic E-state index is 12.2. The average molecular weight is 287 g/mol. The largest absolute Gasteiger partial charge is 0.398 e. The second kappa shape index (κ2) is 5.30. The van der Waals surface area contributed by atoms with Crippen LogP contribution in [0.4, 0.5) is 5.69 Å². The van der Waals surface area contributed by atoms with E-state index in [-0.39, 0.29) is 21.6 Å². The van der Waals surface area contributed by atoms with E-state index in [1.54, 1.807) is 6.07 Å². The minimum absolute atomic E-state index is 0.0266. The van der Waals surface area contributed by atoms with Gasteiger partial charge in [0.25, 0.3) is 0 Å². The van der Waals surface area contributed by atoms with Gasteiger partial charge in [-0.2, -0.15) is 0 Å². The highest BCUT2D eigenvalue weighted by atomic mass is 35.5. The smallest absolute Gasteiger partial charge is 0.244 e. The Hall–Kier alpha value is -1.04. The standard InChI is InChI=1S/C12H15ClN2O2S/c13-10-7-4-8-11(14)12(10)18(16,17)15-9-5-2-1-3-6-9/h1-2,4,7-9,15H,3,5-6,14H2. The van der Waals surface area contributed by atoms with Crippen LogP contribution >= 0.6 is 11.6 Å². The van der Waals surface area contributed by atoms with Crippen molar-refractivity contribution in [1.29, 1.82) is 0 Å². The van der Waals surface area contributed by atoms with E-state index in [9.17, 15) is 8.42 Å². The van der Waals surface area contributed by atoms with Crippen LogP contribution in [0, 0.1) is 0 Å². The van der Waals surface area contributed by atoms with Gasteiger partial charge in [-0.3, -0.25) is 0 Å². The first-order valence-electron chi connectivity index (χ1n) is 5.72. The Morgan fingerprint density at radius 3 is 2.72 bits per heavy atom. The molecule has 0 bridgehead atoms. The molecule has 0 saturated heterocycles. The van der Waals surface area contributed by atoms with Crippen molar-refractivity contribution in [2.45, 2.75) is 30.2 Å². The number of nitrogen functional groups attached to an aromatic ring is 1. The quantitative estimate of drug-likeness (QED) is 0.661. The van der Waals surface area contributed by atoms with Crippen molar-refractivity contribution in [2.75, 3.05) is 5.73 Å². The monoisotopic (exact) mass is 286 g/mol. The van der Waals surface area contributed by atoms with Gasteiger partial charge in [0, 0.05) is 6.04 Å². The molecule has 4 nitrogen and oxygen atoms in total. The number of hydrogen-bond donors (Lipinski definition) is 2. The summed E-state index contributed by atoms with van der Waals surface area (Å²) < 4.78 is 27.1. The number of anilines is 1. The van der Waals surface area contributed by atoms with Crippen LogP contribution in [0.1, 0.15) is 19.3 Å². The predicted molar refractivity (Wildman–Crippen MR) is 73.0 cm³/mol. The van der Waals surface area contributed by atoms with Crippen molar-refractivity contribution < 1.29 is 8.42 Å². The number of allylic oxidation sites excluding steroid dienone is 1. The minimum Gasteiger partial charge on any atom is -0.398 e. The number of rotatable bonds is 3. The van der Waals surface area contributed by atoms with Gasteiger partial charge in [-0.1, -0.05) is 29.8 Å². The molecule has 1 aliphatic carbocycles. The van der Waals surface area contributed by atoms with Crippen LogP contribution in [0.2, 0.25) is 5.02 Å². The summed E-state index contributed by atoms with van der Waals surface area (Å²) in [6.45, 7) is 0. The lowest BCUT2D eigenvalue weighted by atomic mass is 10.0. The number of benzene rings is 1. The molecule has 98 valence electrons. The second-order valence-corrected chi connectivity index (χ2v) is 6.32. The average Bonchev–Trinajstić information content (AvgIpc) is 2.28. The van der Waals surface area contributed by atoms with Crippen LogP contribution in [0.5, 0.6) is 0 Å². The SMILES string of the molecule is Nc1cccc(Cl)c1S(=O)(=O)NC1CC=CCC1. The van der Waals surface area contributed by atoms with Gasteiger partial charge >= 0.3 is 0 Å². The maximum Gasteiger partial charge on any atom is 0.244 e. The third-order valence-corrected chi connectivity index (χ3v) is 4.92. The second-order valence-electron chi connectivity index (χ2n) is 4.26. The van der Waals surface area contributed by atoms with Gasteiger partial charge in [0.1, 0.15) is 4.90 Å². The molecule has 0 fully saturated rings. The summed E-state index contributed by atoms with van der Waals surface area (Å²) >= 11 is 5.92. The van der Waals surface area contributed by atoms with E-state index in [2.05, 4.69) is 10.8 Å². The Bertz CT molecular complexity index is 549. The zero-order valence-electron chi connectivity index (χ0n) is 9.77. The third kappa shape index (κ3) is 2.85. The lowest BCUT2D eigenvalue weighted by molar-refractivity contribution is 0.522. The van der Waals surface area contributed by atoms with Crippen LogP contribution in [0.25, 0.3) is 0 Å². The van der Waals surface area contributed by atoms with Gasteiger partial charge in [-0.25, -0.2) is 13.1 Å². The molecule has 3 N–H and O–H groups in total. The van der Waals surface area contributed by atoms with E-state index in [1.165, 1.54) is 12.1 Å². The zero-order chi connectivity index (χ0) is 13.2. The van der Waals surface area contributed by atoms with E-state index in [4.69, 9.17) is 17.3 Å². The fourth-order valence-electron chi connectivity index (χ4n) is 1.99. The highest BCUT2D eigenvalue weighted by Gasteiger charge is 2.24. The Labute approximate surface area is 112 Å². The van der Waals surface area contributed by atoms with Gasteiger partial charge in [0.05, 0.1) is 10.7 Å². The molecule has 0 saturated carbocycles. The summed E-state index contributed by atoms with van der Waals surface area (Å²) in [6.07, 6.45) is 6.40. The van der Waals surface area contributed by atoms with Crippen molar-refractivity contribution in [2.24, 2.45) is 0 Å². The molecule has 0 amide bonds. The minimum atomic E-state index is -3.66. The summed E-state index contributed by atoms with van der Waals surface area (Å²) in [5, 5.41) is 0.147. The van der Waals surface area contributed by atoms with Gasteiger partial charge in [0.2, 0.25) is 10.0 Å². The highest BCUT2D eigenvalue weighted by molar-refractivity contribution is 7.89. The van der Waals surface area contributed by atoms with E-state index >= 15 is 0 Å². The summed E-state index contributed by atoms with van der Waals surface area (Å²) in [6, 6.07) is 4.59. The number of sulfonamides is 1. The Balaban J connectivity index is 2.28. The Kier molecular flexibility index (Phi) is 3.94. The van der Waals surface area contributed by atoms with E-state index in [0.717, 1.165) is 12.8 Å². The summed E-state index contributed by atoms with van der Waals surface area (Å²) in [7, 11) is -3.66. The normalized spacial score (nSPS) is 19.9. The van der Waals surface area contributed by atoms with Crippen molar-refractivity contribution in [1.82, 2.24) is 4.72 Å². The van der Waals surface area contributed by atoms with Crippen molar-refractivity contribution in [3.8, 4) is 0 Å². The molecular weight excluding hydrogens is 272 g/mol. The van der Waals surface area contributed by atoms with Gasteiger partial charge < -0.3 is 5.73 Å². The van der Waals surface area contributed by atoms with Crippen LogP contribution < -0.4 is 10.5 Å². The third-order valence-electron chi connectivity index (χ3n) is 2.86. The van der Waals surface area contributed by atoms with Crippen molar-refractivity contribution in [3.05, 3.63) is 35.4 Å². The summed E-state index contributed by atoms with van der Waals surface area (Å²) in [4.78, 5) is -0.0266. The Morgan fingerprint density at radius 1 is 1.33 bits per heavy atom. The molecule has 1 atom stereocenters. The van der Waals surface area contributed by atoms with Gasteiger partial charge in [-0.05, 0) is 31.4 Å². The first-order chi connectivity index (χ1) is 8.50. The number of halogens is 1. The molecule has 0 heterocycles. The summed E-state index contributed by atoms with van der Waals surface area (Å²) in [5.74, 6) is 0. The van der Waals surface area contributed by atoms with E-state index < -0.39 is 10.0 Å². The van der Waals surface area contributed by atoms with Crippen molar-refractivity contribution in [3.63, 3.8) is 0 Å². The van der Waals surface area contributed by atoms with Crippen LogP contribution in [-0.2, 0) is 10.0 Å². The topological polar surface area (TPSA) is 72.2 Å². The Morgan fingerprint density at radius 2 is 2.11 bits per heavy atom. The molecule has 1 unspecified atom stereocenters. The number of nitrogens with one attached hydrogen (secondary N) is 1. The van der Waals surface area contributed by atoms with E-state index in [1.807, 2.05) is 6.08 Å². The van der Waals surface area contributed by atoms with Crippen LogP contribution in [0.3, 0.4) is 0 Å². The molecule has 0 aromatic heterocycles.